The molecule has 0 bridgehead atoms. The fourth-order valence-corrected chi connectivity index (χ4v) is 2.70. The number of nitrogens with one attached hydrogen (secondary N) is 1. The highest BCUT2D eigenvalue weighted by atomic mass is 16.4. The highest BCUT2D eigenvalue weighted by Crippen LogP contribution is 2.22. The van der Waals surface area contributed by atoms with Crippen molar-refractivity contribution in [3.63, 3.8) is 0 Å². The molecule has 0 radical (unpaired) electrons. The van der Waals surface area contributed by atoms with Crippen molar-refractivity contribution < 1.29 is 4.42 Å². The highest BCUT2D eigenvalue weighted by Gasteiger charge is 2.14. The summed E-state index contributed by atoms with van der Waals surface area (Å²) in [5.41, 5.74) is 2.10. The summed E-state index contributed by atoms with van der Waals surface area (Å²) < 4.78 is 5.81. The predicted octanol–water partition coefficient (Wildman–Crippen LogP) is 3.09. The van der Waals surface area contributed by atoms with Crippen molar-refractivity contribution in [1.82, 2.24) is 15.0 Å². The van der Waals surface area contributed by atoms with E-state index >= 15 is 0 Å². The molecule has 4 aromatic rings. The van der Waals surface area contributed by atoms with Crippen LogP contribution in [0, 0.1) is 0 Å². The van der Waals surface area contributed by atoms with Gasteiger partial charge in [0.05, 0.1) is 17.4 Å². The van der Waals surface area contributed by atoms with Crippen LogP contribution in [0.1, 0.15) is 12.7 Å². The van der Waals surface area contributed by atoms with Crippen LogP contribution >= 0.6 is 0 Å². The zero-order valence-corrected chi connectivity index (χ0v) is 13.2. The fraction of sp³-hybridized carbons (Fsp3) is 0.167. The quantitative estimate of drug-likeness (QED) is 0.625. The third-order valence-corrected chi connectivity index (χ3v) is 3.94. The van der Waals surface area contributed by atoms with Crippen LogP contribution in [0.15, 0.2) is 57.7 Å². The van der Waals surface area contributed by atoms with Gasteiger partial charge < -0.3 is 14.3 Å². The van der Waals surface area contributed by atoms with Gasteiger partial charge in [-0.25, -0.2) is 4.98 Å². The van der Waals surface area contributed by atoms with E-state index in [1.807, 2.05) is 54.3 Å². The van der Waals surface area contributed by atoms with Crippen LogP contribution < -0.4 is 10.5 Å². The van der Waals surface area contributed by atoms with Crippen LogP contribution in [0.3, 0.4) is 0 Å². The molecule has 0 atom stereocenters. The van der Waals surface area contributed by atoms with E-state index in [1.54, 1.807) is 6.07 Å². The molecule has 0 fully saturated rings. The topological polar surface area (TPSA) is 75.0 Å². The van der Waals surface area contributed by atoms with Crippen LogP contribution in [0.5, 0.6) is 0 Å². The zero-order valence-electron chi connectivity index (χ0n) is 13.2. The van der Waals surface area contributed by atoms with Crippen molar-refractivity contribution in [3.8, 4) is 0 Å². The Hall–Kier alpha value is -3.15. The largest absolute Gasteiger partial charge is 0.423 e. The lowest BCUT2D eigenvalue weighted by molar-refractivity contribution is 0.565. The van der Waals surface area contributed by atoms with E-state index in [0.717, 1.165) is 11.1 Å². The maximum atomic E-state index is 12.2. The van der Waals surface area contributed by atoms with Gasteiger partial charge in [0.1, 0.15) is 11.3 Å². The molecule has 0 aliphatic rings. The predicted molar refractivity (Wildman–Crippen MR) is 93.1 cm³/mol. The standard InChI is InChI=1S/C18H16N4O2/c1-2-22(18-20-14-9-5-6-10-15(14)24-18)11-16-19-13-8-4-3-7-12(13)17(23)21-16/h3-10H,2,11H2,1H3,(H,19,21,23). The van der Waals surface area contributed by atoms with Gasteiger partial charge in [0.15, 0.2) is 5.58 Å². The number of rotatable bonds is 4. The molecular weight excluding hydrogens is 304 g/mol. The number of oxazole rings is 1. The zero-order chi connectivity index (χ0) is 16.5. The van der Waals surface area contributed by atoms with Gasteiger partial charge in [0.25, 0.3) is 11.6 Å². The molecule has 0 spiro atoms. The molecule has 2 aromatic carbocycles. The number of H-pyrrole nitrogens is 1. The number of fused-ring (bicyclic) bond motifs is 2. The van der Waals surface area contributed by atoms with Crippen molar-refractivity contribution in [2.24, 2.45) is 0 Å². The van der Waals surface area contributed by atoms with Gasteiger partial charge in [-0.05, 0) is 31.2 Å². The second kappa shape index (κ2) is 5.81. The molecular formula is C18H16N4O2. The SMILES string of the molecule is CCN(Cc1nc2ccccc2c(=O)[nH]1)c1nc2ccccc2o1. The molecule has 6 heteroatoms. The molecule has 2 aromatic heterocycles. The Balaban J connectivity index is 1.70. The van der Waals surface area contributed by atoms with Crippen LogP contribution in [-0.4, -0.2) is 21.5 Å². The van der Waals surface area contributed by atoms with Crippen LogP contribution in [0.2, 0.25) is 0 Å². The van der Waals surface area contributed by atoms with Gasteiger partial charge in [-0.1, -0.05) is 24.3 Å². The molecule has 2 heterocycles. The minimum Gasteiger partial charge on any atom is -0.423 e. The lowest BCUT2D eigenvalue weighted by Crippen LogP contribution is -2.25. The summed E-state index contributed by atoms with van der Waals surface area (Å²) in [6, 6.07) is 15.5. The highest BCUT2D eigenvalue weighted by molar-refractivity contribution is 5.77. The normalized spacial score (nSPS) is 11.2. The molecule has 24 heavy (non-hydrogen) atoms. The summed E-state index contributed by atoms with van der Waals surface area (Å²) in [6.45, 7) is 3.11. The third-order valence-electron chi connectivity index (χ3n) is 3.94. The Bertz CT molecular complexity index is 1030. The Morgan fingerprint density at radius 1 is 1.04 bits per heavy atom. The number of aromatic nitrogens is 3. The average molecular weight is 320 g/mol. The van der Waals surface area contributed by atoms with E-state index in [2.05, 4.69) is 15.0 Å². The van der Waals surface area contributed by atoms with Crippen LogP contribution in [0.25, 0.3) is 22.0 Å². The van der Waals surface area contributed by atoms with E-state index in [0.29, 0.717) is 35.8 Å². The molecule has 0 saturated heterocycles. The maximum absolute atomic E-state index is 12.2. The van der Waals surface area contributed by atoms with E-state index in [4.69, 9.17) is 4.42 Å². The number of benzene rings is 2. The average Bonchev–Trinajstić information content (AvgIpc) is 3.03. The molecule has 0 aliphatic heterocycles. The van der Waals surface area contributed by atoms with Crippen molar-refractivity contribution in [3.05, 3.63) is 64.7 Å². The van der Waals surface area contributed by atoms with E-state index in [9.17, 15) is 4.79 Å². The number of hydrogen-bond acceptors (Lipinski definition) is 5. The first kappa shape index (κ1) is 14.4. The Morgan fingerprint density at radius 2 is 1.79 bits per heavy atom. The second-order valence-electron chi connectivity index (χ2n) is 5.51. The summed E-state index contributed by atoms with van der Waals surface area (Å²) in [4.78, 5) is 26.0. The summed E-state index contributed by atoms with van der Waals surface area (Å²) in [5, 5.41) is 0.589. The molecule has 6 nitrogen and oxygen atoms in total. The minimum absolute atomic E-state index is 0.135. The fourth-order valence-electron chi connectivity index (χ4n) is 2.70. The van der Waals surface area contributed by atoms with Crippen molar-refractivity contribution in [1.29, 1.82) is 0 Å². The Morgan fingerprint density at radius 3 is 2.58 bits per heavy atom. The lowest BCUT2D eigenvalue weighted by atomic mass is 10.2. The van der Waals surface area contributed by atoms with Crippen LogP contribution in [0.4, 0.5) is 6.01 Å². The third kappa shape index (κ3) is 2.52. The first-order valence-corrected chi connectivity index (χ1v) is 7.83. The summed E-state index contributed by atoms with van der Waals surface area (Å²) in [6.07, 6.45) is 0. The van der Waals surface area contributed by atoms with E-state index < -0.39 is 0 Å². The number of anilines is 1. The molecule has 120 valence electrons. The Labute approximate surface area is 137 Å². The minimum atomic E-state index is -0.135. The van der Waals surface area contributed by atoms with Gasteiger partial charge in [-0.2, -0.15) is 4.98 Å². The Kier molecular flexibility index (Phi) is 3.49. The van der Waals surface area contributed by atoms with Gasteiger partial charge in [0, 0.05) is 6.54 Å². The lowest BCUT2D eigenvalue weighted by Gasteiger charge is -2.17. The molecule has 0 saturated carbocycles. The van der Waals surface area contributed by atoms with Crippen molar-refractivity contribution in [2.75, 3.05) is 11.4 Å². The van der Waals surface area contributed by atoms with E-state index in [1.165, 1.54) is 0 Å². The van der Waals surface area contributed by atoms with Gasteiger partial charge in [-0.3, -0.25) is 4.79 Å². The molecule has 0 amide bonds. The smallest absolute Gasteiger partial charge is 0.298 e. The summed E-state index contributed by atoms with van der Waals surface area (Å²) in [7, 11) is 0. The van der Waals surface area contributed by atoms with Gasteiger partial charge >= 0.3 is 0 Å². The van der Waals surface area contributed by atoms with Crippen molar-refractivity contribution >= 4 is 28.0 Å². The second-order valence-corrected chi connectivity index (χ2v) is 5.51. The number of aromatic amines is 1. The molecule has 0 aliphatic carbocycles. The maximum Gasteiger partial charge on any atom is 0.298 e. The van der Waals surface area contributed by atoms with Crippen molar-refractivity contribution in [2.45, 2.75) is 13.5 Å². The number of nitrogens with zero attached hydrogens (tertiary/aromatic N) is 3. The first-order chi connectivity index (χ1) is 11.7. The summed E-state index contributed by atoms with van der Waals surface area (Å²) in [5.74, 6) is 0.586. The monoisotopic (exact) mass is 320 g/mol. The molecule has 0 unspecified atom stereocenters. The van der Waals surface area contributed by atoms with E-state index in [-0.39, 0.29) is 5.56 Å². The molecule has 1 N–H and O–H groups in total. The number of hydrogen-bond donors (Lipinski definition) is 1. The van der Waals surface area contributed by atoms with Gasteiger partial charge in [-0.15, -0.1) is 0 Å². The number of para-hydroxylation sites is 3. The van der Waals surface area contributed by atoms with Gasteiger partial charge in [0.2, 0.25) is 0 Å². The summed E-state index contributed by atoms with van der Waals surface area (Å²) >= 11 is 0. The molecule has 4 rings (SSSR count). The van der Waals surface area contributed by atoms with Crippen LogP contribution in [-0.2, 0) is 6.54 Å². The first-order valence-electron chi connectivity index (χ1n) is 7.83.